The van der Waals surface area contributed by atoms with Gasteiger partial charge in [0.2, 0.25) is 11.8 Å². The van der Waals surface area contributed by atoms with Crippen LogP contribution in [0, 0.1) is 5.82 Å². The zero-order chi connectivity index (χ0) is 22.2. The Morgan fingerprint density at radius 3 is 2.21 bits per heavy atom. The third kappa shape index (κ3) is 8.85. The van der Waals surface area contributed by atoms with E-state index in [0.29, 0.717) is 5.56 Å². The van der Waals surface area contributed by atoms with Crippen LogP contribution in [0.3, 0.4) is 0 Å². The van der Waals surface area contributed by atoms with Gasteiger partial charge in [0.25, 0.3) is 0 Å². The highest BCUT2D eigenvalue weighted by molar-refractivity contribution is 5.98. The minimum absolute atomic E-state index is 0.0812. The van der Waals surface area contributed by atoms with Gasteiger partial charge in [-0.3, -0.25) is 14.4 Å². The molecule has 0 fully saturated rings. The summed E-state index contributed by atoms with van der Waals surface area (Å²) in [5, 5.41) is 2.58. The van der Waals surface area contributed by atoms with Crippen molar-refractivity contribution in [3.8, 4) is 0 Å². The molecule has 0 aromatic heterocycles. The molecule has 0 radical (unpaired) electrons. The third-order valence-corrected chi connectivity index (χ3v) is 3.99. The zero-order valence-electron chi connectivity index (χ0n) is 17.6. The molecular formula is C21H29FN2O5. The second-order valence-corrected chi connectivity index (χ2v) is 7.71. The molecule has 1 N–H and O–H groups in total. The number of hydrogen-bond acceptors (Lipinski definition) is 5. The van der Waals surface area contributed by atoms with Crippen LogP contribution in [0.15, 0.2) is 24.3 Å². The molecule has 160 valence electrons. The van der Waals surface area contributed by atoms with Gasteiger partial charge in [0, 0.05) is 38.4 Å². The van der Waals surface area contributed by atoms with E-state index >= 15 is 0 Å². The van der Waals surface area contributed by atoms with Crippen molar-refractivity contribution >= 4 is 23.6 Å². The molecule has 0 spiro atoms. The van der Waals surface area contributed by atoms with E-state index in [4.69, 9.17) is 4.74 Å². The van der Waals surface area contributed by atoms with E-state index in [2.05, 4.69) is 5.32 Å². The SMILES string of the molecule is CC(=O)NCCN(C(=O)CCC(=O)c1ccc(F)cc1)[C@H](C)C(=O)OC(C)(C)C. The summed E-state index contributed by atoms with van der Waals surface area (Å²) < 4.78 is 18.3. The Kier molecular flexibility index (Phi) is 8.94. The van der Waals surface area contributed by atoms with Crippen molar-refractivity contribution in [3.05, 3.63) is 35.6 Å². The molecule has 0 aliphatic rings. The topological polar surface area (TPSA) is 92.8 Å². The average molecular weight is 408 g/mol. The number of carbonyl (C=O) groups is 4. The monoisotopic (exact) mass is 408 g/mol. The second kappa shape index (κ2) is 10.7. The Hall–Kier alpha value is -2.77. The summed E-state index contributed by atoms with van der Waals surface area (Å²) in [7, 11) is 0. The molecule has 0 saturated heterocycles. The molecule has 0 heterocycles. The summed E-state index contributed by atoms with van der Waals surface area (Å²) >= 11 is 0. The smallest absolute Gasteiger partial charge is 0.329 e. The van der Waals surface area contributed by atoms with Gasteiger partial charge in [0.05, 0.1) is 0 Å². The van der Waals surface area contributed by atoms with E-state index in [1.807, 2.05) is 0 Å². The maximum absolute atomic E-state index is 13.0. The van der Waals surface area contributed by atoms with Crippen molar-refractivity contribution in [1.82, 2.24) is 10.2 Å². The van der Waals surface area contributed by atoms with Crippen LogP contribution < -0.4 is 5.32 Å². The number of rotatable bonds is 9. The Bertz CT molecular complexity index is 740. The van der Waals surface area contributed by atoms with Gasteiger partial charge in [-0.25, -0.2) is 9.18 Å². The quantitative estimate of drug-likeness (QED) is 0.501. The lowest BCUT2D eigenvalue weighted by Gasteiger charge is -2.30. The number of amides is 2. The van der Waals surface area contributed by atoms with Crippen molar-refractivity contribution in [3.63, 3.8) is 0 Å². The summed E-state index contributed by atoms with van der Waals surface area (Å²) in [5.41, 5.74) is -0.403. The van der Waals surface area contributed by atoms with Gasteiger partial charge in [-0.2, -0.15) is 0 Å². The van der Waals surface area contributed by atoms with E-state index < -0.39 is 29.3 Å². The van der Waals surface area contributed by atoms with E-state index in [9.17, 15) is 23.6 Å². The third-order valence-electron chi connectivity index (χ3n) is 3.99. The van der Waals surface area contributed by atoms with Gasteiger partial charge in [0.15, 0.2) is 5.78 Å². The lowest BCUT2D eigenvalue weighted by Crippen LogP contribution is -2.48. The van der Waals surface area contributed by atoms with Gasteiger partial charge < -0.3 is 15.0 Å². The van der Waals surface area contributed by atoms with Crippen LogP contribution in [0.1, 0.15) is 57.8 Å². The molecule has 1 rings (SSSR count). The number of halogens is 1. The molecule has 1 atom stereocenters. The maximum Gasteiger partial charge on any atom is 0.329 e. The predicted molar refractivity (Wildman–Crippen MR) is 106 cm³/mol. The fourth-order valence-corrected chi connectivity index (χ4v) is 2.55. The molecule has 1 aromatic carbocycles. The van der Waals surface area contributed by atoms with Crippen molar-refractivity contribution in [1.29, 1.82) is 0 Å². The average Bonchev–Trinajstić information content (AvgIpc) is 2.61. The molecule has 0 unspecified atom stereocenters. The largest absolute Gasteiger partial charge is 0.458 e. The first-order chi connectivity index (χ1) is 13.4. The van der Waals surface area contributed by atoms with Crippen LogP contribution in [-0.4, -0.2) is 53.2 Å². The minimum atomic E-state index is -0.878. The molecule has 0 aliphatic carbocycles. The fraction of sp³-hybridized carbons (Fsp3) is 0.524. The lowest BCUT2D eigenvalue weighted by molar-refractivity contribution is -0.164. The van der Waals surface area contributed by atoms with Gasteiger partial charge in [-0.1, -0.05) is 0 Å². The molecule has 1 aromatic rings. The molecule has 2 amide bonds. The number of carbonyl (C=O) groups excluding carboxylic acids is 4. The summed E-state index contributed by atoms with van der Waals surface area (Å²) in [5.74, 6) is -1.99. The molecule has 8 heteroatoms. The molecule has 7 nitrogen and oxygen atoms in total. The molecule has 29 heavy (non-hydrogen) atoms. The minimum Gasteiger partial charge on any atom is -0.458 e. The molecule has 0 aliphatic heterocycles. The zero-order valence-corrected chi connectivity index (χ0v) is 17.6. The number of benzene rings is 1. The Morgan fingerprint density at radius 2 is 1.69 bits per heavy atom. The van der Waals surface area contributed by atoms with E-state index in [-0.39, 0.29) is 37.6 Å². The standard InChI is InChI=1S/C21H29FN2O5/c1-14(20(28)29-21(3,4)5)24(13-12-23-15(2)25)19(27)11-10-18(26)16-6-8-17(22)9-7-16/h6-9,14H,10-13H2,1-5H3,(H,23,25)/t14-/m1/s1. The number of nitrogens with one attached hydrogen (secondary N) is 1. The highest BCUT2D eigenvalue weighted by Crippen LogP contribution is 2.14. The number of ether oxygens (including phenoxy) is 1. The Morgan fingerprint density at radius 1 is 1.10 bits per heavy atom. The first-order valence-electron chi connectivity index (χ1n) is 9.46. The Labute approximate surface area is 170 Å². The van der Waals surface area contributed by atoms with E-state index in [1.165, 1.54) is 36.1 Å². The van der Waals surface area contributed by atoms with Crippen molar-refractivity contribution in [2.45, 2.75) is 59.1 Å². The van der Waals surface area contributed by atoms with Crippen molar-refractivity contribution in [2.75, 3.05) is 13.1 Å². The normalized spacial score (nSPS) is 12.1. The number of nitrogens with zero attached hydrogens (tertiary/aromatic N) is 1. The van der Waals surface area contributed by atoms with E-state index in [0.717, 1.165) is 0 Å². The van der Waals surface area contributed by atoms with Gasteiger partial charge in [-0.15, -0.1) is 0 Å². The van der Waals surface area contributed by atoms with Crippen LogP contribution in [0.2, 0.25) is 0 Å². The van der Waals surface area contributed by atoms with Crippen LogP contribution in [-0.2, 0) is 19.1 Å². The first kappa shape index (κ1) is 24.3. The first-order valence-corrected chi connectivity index (χ1v) is 9.46. The van der Waals surface area contributed by atoms with Gasteiger partial charge >= 0.3 is 5.97 Å². The van der Waals surface area contributed by atoms with Gasteiger partial charge in [0.1, 0.15) is 17.5 Å². The van der Waals surface area contributed by atoms with Gasteiger partial charge in [-0.05, 0) is 52.0 Å². The van der Waals surface area contributed by atoms with Crippen molar-refractivity contribution < 1.29 is 28.3 Å². The molecular weight excluding hydrogens is 379 g/mol. The number of esters is 1. The maximum atomic E-state index is 13.0. The van der Waals surface area contributed by atoms with Crippen LogP contribution in [0.25, 0.3) is 0 Å². The highest BCUT2D eigenvalue weighted by Gasteiger charge is 2.29. The number of ketones is 1. The molecule has 0 bridgehead atoms. The summed E-state index contributed by atoms with van der Waals surface area (Å²) in [6.45, 7) is 8.34. The predicted octanol–water partition coefficient (Wildman–Crippen LogP) is 2.48. The number of Topliss-reactive ketones (excluding diaryl/α,β-unsaturated/α-hetero) is 1. The highest BCUT2D eigenvalue weighted by atomic mass is 19.1. The number of hydrogen-bond donors (Lipinski definition) is 1. The second-order valence-electron chi connectivity index (χ2n) is 7.71. The van der Waals surface area contributed by atoms with Crippen LogP contribution in [0.4, 0.5) is 4.39 Å². The summed E-state index contributed by atoms with van der Waals surface area (Å²) in [6, 6.07) is 4.20. The van der Waals surface area contributed by atoms with Crippen molar-refractivity contribution in [2.24, 2.45) is 0 Å². The summed E-state index contributed by atoms with van der Waals surface area (Å²) in [6.07, 6.45) is -0.203. The van der Waals surface area contributed by atoms with Crippen LogP contribution >= 0.6 is 0 Å². The summed E-state index contributed by atoms with van der Waals surface area (Å²) in [4.78, 5) is 49.7. The van der Waals surface area contributed by atoms with E-state index in [1.54, 1.807) is 27.7 Å². The molecule has 0 saturated carbocycles. The Balaban J connectivity index is 2.80. The lowest BCUT2D eigenvalue weighted by atomic mass is 10.1. The fourth-order valence-electron chi connectivity index (χ4n) is 2.55. The van der Waals surface area contributed by atoms with Crippen LogP contribution in [0.5, 0.6) is 0 Å².